The Labute approximate surface area is 143 Å². The van der Waals surface area contributed by atoms with Crippen LogP contribution in [-0.2, 0) is 11.2 Å². The summed E-state index contributed by atoms with van der Waals surface area (Å²) in [6.45, 7) is 3.92. The normalized spacial score (nSPS) is 12.2. The van der Waals surface area contributed by atoms with Crippen LogP contribution >= 0.6 is 15.9 Å². The molecule has 1 amide bonds. The summed E-state index contributed by atoms with van der Waals surface area (Å²) in [4.78, 5) is 23.9. The van der Waals surface area contributed by atoms with Crippen LogP contribution in [0.5, 0.6) is 0 Å². The van der Waals surface area contributed by atoms with Gasteiger partial charge in [0.05, 0.1) is 0 Å². The van der Waals surface area contributed by atoms with Crippen molar-refractivity contribution in [3.05, 3.63) is 58.3 Å². The molecule has 0 aliphatic rings. The molecule has 122 valence electrons. The molecule has 0 aliphatic carbocycles. The van der Waals surface area contributed by atoms with Crippen molar-refractivity contribution in [2.45, 2.75) is 32.4 Å². The molecule has 0 bridgehead atoms. The van der Waals surface area contributed by atoms with Crippen LogP contribution in [-0.4, -0.2) is 27.6 Å². The van der Waals surface area contributed by atoms with Crippen LogP contribution in [0.3, 0.4) is 0 Å². The largest absolute Gasteiger partial charge is 0.480 e. The lowest BCUT2D eigenvalue weighted by Crippen LogP contribution is -2.43. The van der Waals surface area contributed by atoms with Gasteiger partial charge in [0.2, 0.25) is 0 Å². The van der Waals surface area contributed by atoms with E-state index in [0.717, 1.165) is 10.0 Å². The second-order valence-corrected chi connectivity index (χ2v) is 6.51. The van der Waals surface area contributed by atoms with E-state index in [1.54, 1.807) is 10.6 Å². The summed E-state index contributed by atoms with van der Waals surface area (Å²) < 4.78 is 2.59. The van der Waals surface area contributed by atoms with Gasteiger partial charge in [-0.25, -0.2) is 4.79 Å². The molecule has 0 saturated carbocycles. The van der Waals surface area contributed by atoms with Crippen molar-refractivity contribution in [1.29, 1.82) is 0 Å². The Kier molecular flexibility index (Phi) is 5.60. The third-order valence-corrected chi connectivity index (χ3v) is 3.92. The van der Waals surface area contributed by atoms with Gasteiger partial charge < -0.3 is 15.0 Å². The number of nitrogens with one attached hydrogen (secondary N) is 1. The Morgan fingerprint density at radius 2 is 1.91 bits per heavy atom. The zero-order valence-electron chi connectivity index (χ0n) is 13.0. The van der Waals surface area contributed by atoms with E-state index in [0.29, 0.717) is 5.69 Å². The lowest BCUT2D eigenvalue weighted by molar-refractivity contribution is -0.139. The first kappa shape index (κ1) is 17.3. The first-order valence-electron chi connectivity index (χ1n) is 7.33. The minimum absolute atomic E-state index is 0.0967. The molecule has 0 fully saturated rings. The molecule has 2 aromatic rings. The number of aliphatic carboxylic acids is 1. The minimum Gasteiger partial charge on any atom is -0.480 e. The highest BCUT2D eigenvalue weighted by Gasteiger charge is 2.23. The fraction of sp³-hybridized carbons (Fsp3) is 0.294. The van der Waals surface area contributed by atoms with Crippen molar-refractivity contribution in [1.82, 2.24) is 9.88 Å². The summed E-state index contributed by atoms with van der Waals surface area (Å²) in [6.07, 6.45) is 2.05. The van der Waals surface area contributed by atoms with Crippen molar-refractivity contribution in [2.24, 2.45) is 0 Å². The predicted octanol–water partition coefficient (Wildman–Crippen LogP) is 3.26. The molecule has 0 spiro atoms. The summed E-state index contributed by atoms with van der Waals surface area (Å²) in [5.41, 5.74) is 1.30. The molecule has 6 heteroatoms. The summed E-state index contributed by atoms with van der Waals surface area (Å²) in [6, 6.07) is 10.1. The molecule has 2 N–H and O–H groups in total. The maximum Gasteiger partial charge on any atom is 0.326 e. The van der Waals surface area contributed by atoms with Crippen LogP contribution in [0.2, 0.25) is 0 Å². The van der Waals surface area contributed by atoms with Crippen molar-refractivity contribution in [3.63, 3.8) is 0 Å². The van der Waals surface area contributed by atoms with E-state index in [1.165, 1.54) is 0 Å². The Bertz CT molecular complexity index is 695. The van der Waals surface area contributed by atoms with Gasteiger partial charge in [-0.3, -0.25) is 4.79 Å². The van der Waals surface area contributed by atoms with Crippen LogP contribution < -0.4 is 5.32 Å². The number of halogens is 1. The molecule has 0 unspecified atom stereocenters. The first-order valence-corrected chi connectivity index (χ1v) is 8.12. The molecule has 2 rings (SSSR count). The Hall–Kier alpha value is -2.08. The molecule has 0 saturated heterocycles. The zero-order chi connectivity index (χ0) is 17.0. The number of carbonyl (C=O) groups is 2. The van der Waals surface area contributed by atoms with E-state index in [-0.39, 0.29) is 12.5 Å². The van der Waals surface area contributed by atoms with Crippen LogP contribution in [0.4, 0.5) is 0 Å². The molecule has 1 heterocycles. The van der Waals surface area contributed by atoms with Crippen LogP contribution in [0.25, 0.3) is 0 Å². The highest BCUT2D eigenvalue weighted by atomic mass is 79.9. The second-order valence-electron chi connectivity index (χ2n) is 5.60. The number of rotatable bonds is 6. The molecule has 5 nitrogen and oxygen atoms in total. The van der Waals surface area contributed by atoms with E-state index >= 15 is 0 Å². The number of carboxylic acids is 1. The molecule has 23 heavy (non-hydrogen) atoms. The highest BCUT2D eigenvalue weighted by molar-refractivity contribution is 9.10. The van der Waals surface area contributed by atoms with E-state index in [4.69, 9.17) is 0 Å². The smallest absolute Gasteiger partial charge is 0.326 e. The van der Waals surface area contributed by atoms with Crippen molar-refractivity contribution < 1.29 is 14.7 Å². The van der Waals surface area contributed by atoms with Gasteiger partial charge >= 0.3 is 5.97 Å². The van der Waals surface area contributed by atoms with E-state index in [9.17, 15) is 14.7 Å². The Morgan fingerprint density at radius 1 is 1.26 bits per heavy atom. The van der Waals surface area contributed by atoms with Gasteiger partial charge in [-0.2, -0.15) is 0 Å². The van der Waals surface area contributed by atoms with Gasteiger partial charge in [0.1, 0.15) is 11.7 Å². The third-order valence-electron chi connectivity index (χ3n) is 3.49. The number of nitrogens with zero attached hydrogens (tertiary/aromatic N) is 1. The lowest BCUT2D eigenvalue weighted by atomic mass is 10.1. The van der Waals surface area contributed by atoms with Gasteiger partial charge in [0, 0.05) is 23.1 Å². The number of carboxylic acid groups (broad SMARTS) is 1. The fourth-order valence-corrected chi connectivity index (χ4v) is 2.77. The molecule has 0 aliphatic heterocycles. The van der Waals surface area contributed by atoms with Crippen LogP contribution in [0.15, 0.2) is 47.1 Å². The number of hydrogen-bond donors (Lipinski definition) is 2. The maximum absolute atomic E-state index is 12.5. The molecule has 1 aromatic carbocycles. The third kappa shape index (κ3) is 4.45. The average Bonchev–Trinajstić information content (AvgIpc) is 2.90. The molecule has 0 radical (unpaired) electrons. The van der Waals surface area contributed by atoms with Crippen molar-refractivity contribution in [2.75, 3.05) is 0 Å². The molecular weight excluding hydrogens is 360 g/mol. The monoisotopic (exact) mass is 378 g/mol. The fourth-order valence-electron chi connectivity index (χ4n) is 2.34. The van der Waals surface area contributed by atoms with Gasteiger partial charge in [0.25, 0.3) is 5.91 Å². The summed E-state index contributed by atoms with van der Waals surface area (Å²) in [5.74, 6) is -1.45. The quantitative estimate of drug-likeness (QED) is 0.810. The van der Waals surface area contributed by atoms with Gasteiger partial charge in [-0.15, -0.1) is 0 Å². The lowest BCUT2D eigenvalue weighted by Gasteiger charge is -2.17. The highest BCUT2D eigenvalue weighted by Crippen LogP contribution is 2.19. The van der Waals surface area contributed by atoms with E-state index in [2.05, 4.69) is 21.2 Å². The molecule has 1 aromatic heterocycles. The van der Waals surface area contributed by atoms with E-state index in [1.807, 2.05) is 50.4 Å². The molecular formula is C17H19BrN2O3. The zero-order valence-corrected chi connectivity index (χ0v) is 14.6. The first-order chi connectivity index (χ1) is 10.9. The number of aromatic nitrogens is 1. The van der Waals surface area contributed by atoms with Gasteiger partial charge in [0.15, 0.2) is 0 Å². The van der Waals surface area contributed by atoms with Crippen molar-refractivity contribution >= 4 is 27.8 Å². The summed E-state index contributed by atoms with van der Waals surface area (Å²) >= 11 is 3.35. The maximum atomic E-state index is 12.5. The number of hydrogen-bond acceptors (Lipinski definition) is 2. The summed E-state index contributed by atoms with van der Waals surface area (Å²) in [5, 5.41) is 12.0. The van der Waals surface area contributed by atoms with Gasteiger partial charge in [-0.05, 0) is 41.4 Å². The molecule has 1 atom stereocenters. The van der Waals surface area contributed by atoms with Crippen LogP contribution in [0, 0.1) is 0 Å². The number of carbonyl (C=O) groups excluding carboxylic acids is 1. The van der Waals surface area contributed by atoms with Gasteiger partial charge in [-0.1, -0.05) is 30.3 Å². The van der Waals surface area contributed by atoms with Crippen LogP contribution in [0.1, 0.15) is 35.9 Å². The number of benzene rings is 1. The summed E-state index contributed by atoms with van der Waals surface area (Å²) in [7, 11) is 0. The predicted molar refractivity (Wildman–Crippen MR) is 91.6 cm³/mol. The minimum atomic E-state index is -1.05. The second kappa shape index (κ2) is 7.46. The van der Waals surface area contributed by atoms with Crippen molar-refractivity contribution in [3.8, 4) is 0 Å². The van der Waals surface area contributed by atoms with E-state index < -0.39 is 17.9 Å². The standard InChI is InChI=1S/C17H19BrN2O3/c1-11(2)20-10-13(18)9-15(20)16(21)19-14(17(22)23)8-12-6-4-3-5-7-12/h3-7,9-11,14H,8H2,1-2H3,(H,19,21)(H,22,23)/t14-/m1/s1. The number of amides is 1. The topological polar surface area (TPSA) is 71.3 Å². The Balaban J connectivity index is 2.17. The average molecular weight is 379 g/mol. The Morgan fingerprint density at radius 3 is 2.48 bits per heavy atom. The SMILES string of the molecule is CC(C)n1cc(Br)cc1C(=O)N[C@H](Cc1ccccc1)C(=O)O.